The van der Waals surface area contributed by atoms with Gasteiger partial charge in [0, 0.05) is 28.7 Å². The van der Waals surface area contributed by atoms with E-state index in [0.717, 1.165) is 12.2 Å². The minimum absolute atomic E-state index is 0.207. The zero-order valence-corrected chi connectivity index (χ0v) is 10.1. The van der Waals surface area contributed by atoms with E-state index in [4.69, 9.17) is 28.3 Å². The molecular formula is C11H9Cl2NO3. The number of carbonyl (C=O) groups excluding carboxylic acids is 1. The standard InChI is InChI=1S/C11H9Cl2NO3/c12-8-2-1-7(9(13)5-8)6-14-10(15)3-4-11(16)17/h1-5H,6H2,(H,14,15)(H,16,17)/b4-3-. The first-order chi connectivity index (χ1) is 7.99. The molecule has 6 heteroatoms. The van der Waals surface area contributed by atoms with Crippen molar-refractivity contribution in [3.63, 3.8) is 0 Å². The molecule has 1 rings (SSSR count). The maximum absolute atomic E-state index is 11.2. The molecule has 0 fully saturated rings. The molecule has 2 N–H and O–H groups in total. The SMILES string of the molecule is O=C(O)/C=C\C(=O)NCc1ccc(Cl)cc1Cl. The van der Waals surface area contributed by atoms with Gasteiger partial charge in [-0.3, -0.25) is 4.79 Å². The maximum atomic E-state index is 11.2. The third-order valence-electron chi connectivity index (χ3n) is 1.85. The summed E-state index contributed by atoms with van der Waals surface area (Å²) in [6.07, 6.45) is 1.70. The number of hydrogen-bond acceptors (Lipinski definition) is 2. The Bertz CT molecular complexity index is 472. The number of rotatable bonds is 4. The second-order valence-electron chi connectivity index (χ2n) is 3.13. The molecule has 0 saturated heterocycles. The van der Waals surface area contributed by atoms with Crippen molar-refractivity contribution in [3.8, 4) is 0 Å². The van der Waals surface area contributed by atoms with Crippen LogP contribution in [0.25, 0.3) is 0 Å². The third kappa shape index (κ3) is 4.89. The fourth-order valence-electron chi connectivity index (χ4n) is 1.05. The van der Waals surface area contributed by atoms with Gasteiger partial charge in [-0.25, -0.2) is 4.79 Å². The minimum atomic E-state index is -1.18. The molecule has 0 aliphatic rings. The van der Waals surface area contributed by atoms with Crippen molar-refractivity contribution in [3.05, 3.63) is 46.0 Å². The number of aliphatic carboxylic acids is 1. The van der Waals surface area contributed by atoms with Gasteiger partial charge in [0.1, 0.15) is 0 Å². The summed E-state index contributed by atoms with van der Waals surface area (Å²) in [6.45, 7) is 0.207. The minimum Gasteiger partial charge on any atom is -0.478 e. The highest BCUT2D eigenvalue weighted by atomic mass is 35.5. The number of carboxylic acid groups (broad SMARTS) is 1. The number of halogens is 2. The van der Waals surface area contributed by atoms with Crippen LogP contribution >= 0.6 is 23.2 Å². The Hall–Kier alpha value is -1.52. The van der Waals surface area contributed by atoms with Gasteiger partial charge >= 0.3 is 5.97 Å². The van der Waals surface area contributed by atoms with E-state index in [9.17, 15) is 9.59 Å². The van der Waals surface area contributed by atoms with Gasteiger partial charge in [-0.1, -0.05) is 29.3 Å². The maximum Gasteiger partial charge on any atom is 0.328 e. The van der Waals surface area contributed by atoms with Crippen LogP contribution in [0.2, 0.25) is 10.0 Å². The van der Waals surface area contributed by atoms with Gasteiger partial charge in [0.2, 0.25) is 5.91 Å². The second-order valence-corrected chi connectivity index (χ2v) is 3.97. The van der Waals surface area contributed by atoms with Crippen LogP contribution in [0.4, 0.5) is 0 Å². The molecule has 0 spiro atoms. The zero-order chi connectivity index (χ0) is 12.8. The summed E-state index contributed by atoms with van der Waals surface area (Å²) < 4.78 is 0. The van der Waals surface area contributed by atoms with Crippen molar-refractivity contribution in [2.75, 3.05) is 0 Å². The van der Waals surface area contributed by atoms with Crippen molar-refractivity contribution in [1.82, 2.24) is 5.32 Å². The van der Waals surface area contributed by atoms with Gasteiger partial charge in [-0.05, 0) is 17.7 Å². The molecule has 0 aliphatic carbocycles. The number of hydrogen-bond donors (Lipinski definition) is 2. The Morgan fingerprint density at radius 1 is 1.29 bits per heavy atom. The number of carboxylic acids is 1. The van der Waals surface area contributed by atoms with E-state index in [1.54, 1.807) is 18.2 Å². The highest BCUT2D eigenvalue weighted by molar-refractivity contribution is 6.35. The van der Waals surface area contributed by atoms with Crippen LogP contribution in [0.1, 0.15) is 5.56 Å². The predicted molar refractivity (Wildman–Crippen MR) is 65.1 cm³/mol. The highest BCUT2D eigenvalue weighted by Crippen LogP contribution is 2.20. The summed E-state index contributed by atoms with van der Waals surface area (Å²) in [5, 5.41) is 11.8. The molecule has 0 atom stereocenters. The van der Waals surface area contributed by atoms with Gasteiger partial charge in [0.05, 0.1) is 0 Å². The van der Waals surface area contributed by atoms with E-state index < -0.39 is 11.9 Å². The lowest BCUT2D eigenvalue weighted by atomic mass is 10.2. The van der Waals surface area contributed by atoms with Crippen molar-refractivity contribution in [2.45, 2.75) is 6.54 Å². The van der Waals surface area contributed by atoms with Gasteiger partial charge in [-0.15, -0.1) is 0 Å². The predicted octanol–water partition coefficient (Wildman–Crippen LogP) is 2.25. The van der Waals surface area contributed by atoms with Gasteiger partial charge in [-0.2, -0.15) is 0 Å². The largest absolute Gasteiger partial charge is 0.478 e. The Labute approximate surface area is 108 Å². The van der Waals surface area contributed by atoms with Crippen molar-refractivity contribution in [2.24, 2.45) is 0 Å². The van der Waals surface area contributed by atoms with E-state index in [1.165, 1.54) is 0 Å². The molecule has 0 aliphatic heterocycles. The highest BCUT2D eigenvalue weighted by Gasteiger charge is 2.02. The van der Waals surface area contributed by atoms with Crippen LogP contribution in [-0.2, 0) is 16.1 Å². The lowest BCUT2D eigenvalue weighted by Crippen LogP contribution is -2.20. The number of nitrogens with one attached hydrogen (secondary N) is 1. The zero-order valence-electron chi connectivity index (χ0n) is 8.61. The van der Waals surface area contributed by atoms with E-state index >= 15 is 0 Å². The number of amides is 1. The molecule has 0 aromatic heterocycles. The van der Waals surface area contributed by atoms with Crippen LogP contribution in [-0.4, -0.2) is 17.0 Å². The molecule has 0 radical (unpaired) electrons. The summed E-state index contributed by atoms with van der Waals surface area (Å²) in [4.78, 5) is 21.3. The summed E-state index contributed by atoms with van der Waals surface area (Å²) in [7, 11) is 0. The van der Waals surface area contributed by atoms with Gasteiger partial charge in [0.15, 0.2) is 0 Å². The fraction of sp³-hybridized carbons (Fsp3) is 0.0909. The van der Waals surface area contributed by atoms with Gasteiger partial charge in [0.25, 0.3) is 0 Å². The molecule has 1 amide bonds. The van der Waals surface area contributed by atoms with Crippen LogP contribution in [0.15, 0.2) is 30.4 Å². The van der Waals surface area contributed by atoms with Gasteiger partial charge < -0.3 is 10.4 Å². The average Bonchev–Trinajstić information content (AvgIpc) is 2.25. The van der Waals surface area contributed by atoms with Crippen LogP contribution < -0.4 is 5.32 Å². The van der Waals surface area contributed by atoms with E-state index in [1.807, 2.05) is 0 Å². The second kappa shape index (κ2) is 6.27. The Kier molecular flexibility index (Phi) is 5.00. The summed E-state index contributed by atoms with van der Waals surface area (Å²) in [5.74, 6) is -1.68. The summed E-state index contributed by atoms with van der Waals surface area (Å²) in [6, 6.07) is 4.91. The Balaban J connectivity index is 2.56. The van der Waals surface area contributed by atoms with Crippen molar-refractivity contribution >= 4 is 35.1 Å². The number of benzene rings is 1. The summed E-state index contributed by atoms with van der Waals surface area (Å²) in [5.41, 5.74) is 0.702. The molecule has 1 aromatic rings. The molecular weight excluding hydrogens is 265 g/mol. The fourth-order valence-corrected chi connectivity index (χ4v) is 1.53. The molecule has 1 aromatic carbocycles. The quantitative estimate of drug-likeness (QED) is 0.827. The van der Waals surface area contributed by atoms with Crippen molar-refractivity contribution < 1.29 is 14.7 Å². The molecule has 0 unspecified atom stereocenters. The van der Waals surface area contributed by atoms with Crippen LogP contribution in [0.5, 0.6) is 0 Å². The van der Waals surface area contributed by atoms with E-state index in [0.29, 0.717) is 15.6 Å². The van der Waals surface area contributed by atoms with E-state index in [-0.39, 0.29) is 6.54 Å². The van der Waals surface area contributed by atoms with Crippen LogP contribution in [0, 0.1) is 0 Å². The smallest absolute Gasteiger partial charge is 0.328 e. The normalized spacial score (nSPS) is 10.5. The topological polar surface area (TPSA) is 66.4 Å². The number of carbonyl (C=O) groups is 2. The first kappa shape index (κ1) is 13.5. The van der Waals surface area contributed by atoms with Crippen molar-refractivity contribution in [1.29, 1.82) is 0 Å². The average molecular weight is 274 g/mol. The lowest BCUT2D eigenvalue weighted by Gasteiger charge is -2.05. The molecule has 0 saturated carbocycles. The van der Waals surface area contributed by atoms with E-state index in [2.05, 4.69) is 5.32 Å². The first-order valence-electron chi connectivity index (χ1n) is 4.62. The Morgan fingerprint density at radius 2 is 2.00 bits per heavy atom. The van der Waals surface area contributed by atoms with Crippen LogP contribution in [0.3, 0.4) is 0 Å². The molecule has 4 nitrogen and oxygen atoms in total. The lowest BCUT2D eigenvalue weighted by molar-refractivity contribution is -0.131. The molecule has 17 heavy (non-hydrogen) atoms. The Morgan fingerprint density at radius 3 is 2.59 bits per heavy atom. The molecule has 0 bridgehead atoms. The monoisotopic (exact) mass is 273 g/mol. The molecule has 90 valence electrons. The summed E-state index contributed by atoms with van der Waals surface area (Å²) >= 11 is 11.6. The molecule has 0 heterocycles. The first-order valence-corrected chi connectivity index (χ1v) is 5.37. The third-order valence-corrected chi connectivity index (χ3v) is 2.43.